The fraction of sp³-hybridized carbons (Fsp3) is 0.773. The van der Waals surface area contributed by atoms with E-state index in [4.69, 9.17) is 5.11 Å². The highest BCUT2D eigenvalue weighted by Gasteiger charge is 2.29. The highest BCUT2D eigenvalue weighted by molar-refractivity contribution is 6.16. The summed E-state index contributed by atoms with van der Waals surface area (Å²) in [4.78, 5) is 33.8. The Bertz CT molecular complexity index is 418. The van der Waals surface area contributed by atoms with Gasteiger partial charge in [0.25, 0.3) is 0 Å². The molecule has 0 saturated heterocycles. The van der Waals surface area contributed by atoms with Crippen molar-refractivity contribution in [3.63, 3.8) is 0 Å². The fourth-order valence-electron chi connectivity index (χ4n) is 3.05. The van der Waals surface area contributed by atoms with Crippen LogP contribution in [0.1, 0.15) is 104 Å². The fourth-order valence-corrected chi connectivity index (χ4v) is 3.05. The van der Waals surface area contributed by atoms with Crippen LogP contribution in [0.25, 0.3) is 0 Å². The monoisotopic (exact) mass is 396 g/mol. The third-order valence-corrected chi connectivity index (χ3v) is 4.66. The first-order valence-corrected chi connectivity index (χ1v) is 10.4. The molecule has 0 radical (unpaired) electrons. The van der Waals surface area contributed by atoms with Crippen LogP contribution in [0, 0.1) is 5.92 Å². The van der Waals surface area contributed by atoms with Crippen molar-refractivity contribution in [1.29, 1.82) is 0 Å². The van der Waals surface area contributed by atoms with Gasteiger partial charge in [-0.25, -0.2) is 0 Å². The molecule has 0 aliphatic heterocycles. The second-order valence-electron chi connectivity index (χ2n) is 7.18. The van der Waals surface area contributed by atoms with Gasteiger partial charge in [0.15, 0.2) is 34.8 Å². The lowest BCUT2D eigenvalue weighted by Gasteiger charge is -2.07. The molecule has 156 valence electrons. The standard InChI is InChI=1S/C22H38O4.Al.3H/c1-3-4-5-6-7-8-9-10-11-12-13-14-15-16-17-18-20(24)21(19(2)23)22(25)26;;;;/h10-11,21H,3-9,12-18H2,1-2H3,(H,25,26);;;;/b11-10-;;;;. The predicted molar refractivity (Wildman–Crippen MR) is 116 cm³/mol. The maximum Gasteiger partial charge on any atom is 0.321 e. The minimum atomic E-state index is -1.47. The molecular weight excluding hydrogens is 355 g/mol. The zero-order chi connectivity index (χ0) is 19.6. The number of carbonyl (C=O) groups excluding carboxylic acids is 2. The van der Waals surface area contributed by atoms with Gasteiger partial charge in [-0.1, -0.05) is 70.4 Å². The van der Waals surface area contributed by atoms with Gasteiger partial charge in [-0.15, -0.1) is 0 Å². The average molecular weight is 397 g/mol. The van der Waals surface area contributed by atoms with E-state index in [1.807, 2.05) is 0 Å². The van der Waals surface area contributed by atoms with Gasteiger partial charge in [0, 0.05) is 6.42 Å². The lowest BCUT2D eigenvalue weighted by Crippen LogP contribution is -2.29. The van der Waals surface area contributed by atoms with E-state index in [1.165, 1.54) is 44.9 Å². The summed E-state index contributed by atoms with van der Waals surface area (Å²) in [6.45, 7) is 3.41. The Hall–Kier alpha value is -0.918. The zero-order valence-corrected chi connectivity index (χ0v) is 16.8. The van der Waals surface area contributed by atoms with Crippen molar-refractivity contribution in [2.24, 2.45) is 5.92 Å². The molecule has 0 aliphatic carbocycles. The quantitative estimate of drug-likeness (QED) is 0.158. The van der Waals surface area contributed by atoms with Gasteiger partial charge < -0.3 is 5.11 Å². The number of carbonyl (C=O) groups is 3. The van der Waals surface area contributed by atoms with Crippen LogP contribution in [0.4, 0.5) is 0 Å². The molecule has 1 atom stereocenters. The van der Waals surface area contributed by atoms with E-state index in [9.17, 15) is 14.4 Å². The maximum absolute atomic E-state index is 11.7. The summed E-state index contributed by atoms with van der Waals surface area (Å²) in [5.74, 6) is -3.82. The van der Waals surface area contributed by atoms with Crippen LogP contribution in [-0.2, 0) is 14.4 Å². The van der Waals surface area contributed by atoms with Crippen LogP contribution in [0.5, 0.6) is 0 Å². The second-order valence-corrected chi connectivity index (χ2v) is 7.18. The van der Waals surface area contributed by atoms with Crippen LogP contribution in [0.15, 0.2) is 12.2 Å². The number of hydrogen-bond donors (Lipinski definition) is 1. The van der Waals surface area contributed by atoms with Gasteiger partial charge in [0.2, 0.25) is 0 Å². The number of allylic oxidation sites excluding steroid dienone is 2. The first-order valence-electron chi connectivity index (χ1n) is 10.4. The number of rotatable bonds is 18. The lowest BCUT2D eigenvalue weighted by atomic mass is 9.95. The maximum atomic E-state index is 11.7. The number of hydrogen-bond acceptors (Lipinski definition) is 3. The highest BCUT2D eigenvalue weighted by atomic mass is 27.0. The molecule has 1 N–H and O–H groups in total. The molecule has 0 aromatic carbocycles. The van der Waals surface area contributed by atoms with Crippen LogP contribution in [0.2, 0.25) is 0 Å². The topological polar surface area (TPSA) is 71.4 Å². The first kappa shape index (κ1) is 28.3. The molecule has 0 bridgehead atoms. The Balaban J connectivity index is 0. The normalized spacial score (nSPS) is 11.9. The van der Waals surface area contributed by atoms with Crippen LogP contribution in [-0.4, -0.2) is 40.0 Å². The van der Waals surface area contributed by atoms with Crippen molar-refractivity contribution in [3.8, 4) is 0 Å². The molecule has 0 saturated carbocycles. The van der Waals surface area contributed by atoms with E-state index in [2.05, 4.69) is 19.1 Å². The molecule has 0 amide bonds. The van der Waals surface area contributed by atoms with E-state index >= 15 is 0 Å². The van der Waals surface area contributed by atoms with E-state index in [1.54, 1.807) is 0 Å². The average Bonchev–Trinajstić information content (AvgIpc) is 2.57. The largest absolute Gasteiger partial charge is 0.480 e. The third-order valence-electron chi connectivity index (χ3n) is 4.66. The van der Waals surface area contributed by atoms with Crippen molar-refractivity contribution in [2.75, 3.05) is 0 Å². The predicted octanol–water partition coefficient (Wildman–Crippen LogP) is 4.70. The summed E-state index contributed by atoms with van der Waals surface area (Å²) >= 11 is 0. The summed E-state index contributed by atoms with van der Waals surface area (Å²) in [5, 5.41) is 8.89. The van der Waals surface area contributed by atoms with Gasteiger partial charge in [0.1, 0.15) is 0 Å². The van der Waals surface area contributed by atoms with Gasteiger partial charge in [0.05, 0.1) is 0 Å². The minimum absolute atomic E-state index is 0. The minimum Gasteiger partial charge on any atom is -0.480 e. The van der Waals surface area contributed by atoms with E-state index < -0.39 is 23.5 Å². The molecule has 0 spiro atoms. The van der Waals surface area contributed by atoms with Gasteiger partial charge in [-0.2, -0.15) is 0 Å². The highest BCUT2D eigenvalue weighted by Crippen LogP contribution is 2.12. The van der Waals surface area contributed by atoms with Crippen LogP contribution in [0.3, 0.4) is 0 Å². The molecule has 0 rings (SSSR count). The zero-order valence-electron chi connectivity index (χ0n) is 16.8. The van der Waals surface area contributed by atoms with E-state index in [0.29, 0.717) is 6.42 Å². The number of Topliss-reactive ketones (excluding diaryl/α,β-unsaturated/α-hetero) is 2. The summed E-state index contributed by atoms with van der Waals surface area (Å²) in [7, 11) is 0. The Morgan fingerprint density at radius 3 is 1.67 bits per heavy atom. The molecule has 27 heavy (non-hydrogen) atoms. The summed E-state index contributed by atoms with van der Waals surface area (Å²) in [5.41, 5.74) is 0. The lowest BCUT2D eigenvalue weighted by molar-refractivity contribution is -0.149. The molecule has 0 aliphatic rings. The molecule has 5 heteroatoms. The first-order chi connectivity index (χ1) is 12.5. The summed E-state index contributed by atoms with van der Waals surface area (Å²) in [6.07, 6.45) is 20.0. The Morgan fingerprint density at radius 2 is 1.22 bits per heavy atom. The molecule has 1 unspecified atom stereocenters. The van der Waals surface area contributed by atoms with Gasteiger partial charge >= 0.3 is 5.97 Å². The number of unbranched alkanes of at least 4 members (excludes halogenated alkanes) is 11. The Kier molecular flexibility index (Phi) is 20.8. The van der Waals surface area contributed by atoms with Crippen LogP contribution >= 0.6 is 0 Å². The van der Waals surface area contributed by atoms with Crippen molar-refractivity contribution < 1.29 is 19.5 Å². The van der Waals surface area contributed by atoms with Gasteiger partial charge in [-0.05, 0) is 39.0 Å². The molecule has 4 nitrogen and oxygen atoms in total. The van der Waals surface area contributed by atoms with Crippen LogP contribution < -0.4 is 0 Å². The summed E-state index contributed by atoms with van der Waals surface area (Å²) in [6, 6.07) is 0. The SMILES string of the molecule is CCCCCCCC/C=C\CCCCCCCC(=O)C(C(C)=O)C(=O)O.[AlH3]. The van der Waals surface area contributed by atoms with E-state index in [0.717, 1.165) is 39.0 Å². The summed E-state index contributed by atoms with van der Waals surface area (Å²) < 4.78 is 0. The van der Waals surface area contributed by atoms with E-state index in [-0.39, 0.29) is 23.8 Å². The number of carboxylic acid groups (broad SMARTS) is 1. The van der Waals surface area contributed by atoms with Crippen molar-refractivity contribution in [3.05, 3.63) is 12.2 Å². The smallest absolute Gasteiger partial charge is 0.321 e. The Morgan fingerprint density at radius 1 is 0.778 bits per heavy atom. The van der Waals surface area contributed by atoms with Crippen molar-refractivity contribution in [2.45, 2.75) is 104 Å². The van der Waals surface area contributed by atoms with Crippen molar-refractivity contribution >= 4 is 34.9 Å². The van der Waals surface area contributed by atoms with Crippen molar-refractivity contribution in [1.82, 2.24) is 0 Å². The molecule has 0 heterocycles. The number of ketones is 2. The van der Waals surface area contributed by atoms with Gasteiger partial charge in [-0.3, -0.25) is 14.4 Å². The molecule has 0 aromatic rings. The molecule has 0 aromatic heterocycles. The Labute approximate surface area is 176 Å². The second kappa shape index (κ2) is 19.8. The third kappa shape index (κ3) is 16.9. The molecule has 0 fully saturated rings. The number of carboxylic acids is 1. The molecular formula is C22H41AlO4. The number of aliphatic carboxylic acids is 1.